The molecule has 0 aromatic carbocycles. The van der Waals surface area contributed by atoms with Gasteiger partial charge in [0.25, 0.3) is 0 Å². The molecule has 1 saturated carbocycles. The van der Waals surface area contributed by atoms with E-state index in [1.807, 2.05) is 11.8 Å². The lowest BCUT2D eigenvalue weighted by molar-refractivity contribution is -0.147. The van der Waals surface area contributed by atoms with Crippen molar-refractivity contribution in [2.75, 3.05) is 53.0 Å². The van der Waals surface area contributed by atoms with E-state index in [1.165, 1.54) is 7.11 Å². The van der Waals surface area contributed by atoms with Gasteiger partial charge in [-0.25, -0.2) is 0 Å². The first kappa shape index (κ1) is 18.2. The third-order valence-corrected chi connectivity index (χ3v) is 4.87. The number of carbonyl (C=O) groups excluding carboxylic acids is 2. The molecule has 1 amide bonds. The summed E-state index contributed by atoms with van der Waals surface area (Å²) in [7, 11) is 1.40. The summed E-state index contributed by atoms with van der Waals surface area (Å²) in [5.74, 6) is -0.130. The summed E-state index contributed by atoms with van der Waals surface area (Å²) < 4.78 is 10.1. The van der Waals surface area contributed by atoms with Gasteiger partial charge < -0.3 is 14.4 Å². The lowest BCUT2D eigenvalue weighted by atomic mass is 9.84. The van der Waals surface area contributed by atoms with E-state index in [0.29, 0.717) is 13.1 Å². The van der Waals surface area contributed by atoms with E-state index in [4.69, 9.17) is 9.47 Å². The molecule has 1 aliphatic carbocycles. The number of morpholine rings is 1. The minimum atomic E-state index is -0.271. The number of amides is 1. The molecule has 2 fully saturated rings. The monoisotopic (exact) mass is 326 g/mol. The number of rotatable bonds is 8. The minimum absolute atomic E-state index is 0.170. The summed E-state index contributed by atoms with van der Waals surface area (Å²) in [6.07, 6.45) is 4.06. The van der Waals surface area contributed by atoms with E-state index in [0.717, 1.165) is 58.5 Å². The Morgan fingerprint density at radius 2 is 2.00 bits per heavy atom. The van der Waals surface area contributed by atoms with Crippen molar-refractivity contribution in [3.63, 3.8) is 0 Å². The van der Waals surface area contributed by atoms with E-state index in [1.54, 1.807) is 0 Å². The fourth-order valence-electron chi connectivity index (χ4n) is 3.12. The van der Waals surface area contributed by atoms with Gasteiger partial charge in [0.05, 0.1) is 26.2 Å². The van der Waals surface area contributed by atoms with E-state index >= 15 is 0 Å². The molecule has 132 valence electrons. The van der Waals surface area contributed by atoms with E-state index < -0.39 is 0 Å². The minimum Gasteiger partial charge on any atom is -0.469 e. The number of methoxy groups -OCH3 is 1. The molecular formula is C17H30N2O4. The normalized spacial score (nSPS) is 20.6. The highest BCUT2D eigenvalue weighted by Crippen LogP contribution is 2.28. The molecule has 1 aliphatic heterocycles. The van der Waals surface area contributed by atoms with Gasteiger partial charge in [-0.05, 0) is 19.3 Å². The fourth-order valence-corrected chi connectivity index (χ4v) is 3.12. The summed E-state index contributed by atoms with van der Waals surface area (Å²) in [4.78, 5) is 28.5. The quantitative estimate of drug-likeness (QED) is 0.626. The molecule has 0 aromatic rings. The smallest absolute Gasteiger partial charge is 0.310 e. The second-order valence-corrected chi connectivity index (χ2v) is 6.64. The number of carbonyl (C=O) groups is 2. The molecule has 1 saturated heterocycles. The van der Waals surface area contributed by atoms with Gasteiger partial charge in [0.1, 0.15) is 0 Å². The molecule has 0 aromatic heterocycles. The molecule has 0 bridgehead atoms. The first-order chi connectivity index (χ1) is 11.1. The second kappa shape index (κ2) is 9.23. The summed E-state index contributed by atoms with van der Waals surface area (Å²) in [5, 5.41) is 0. The first-order valence-electron chi connectivity index (χ1n) is 8.78. The maximum absolute atomic E-state index is 12.6. The van der Waals surface area contributed by atoms with Crippen LogP contribution in [0.1, 0.15) is 32.6 Å². The molecule has 6 heteroatoms. The van der Waals surface area contributed by atoms with Crippen LogP contribution in [0.5, 0.6) is 0 Å². The van der Waals surface area contributed by atoms with Gasteiger partial charge in [0.2, 0.25) is 5.91 Å². The maximum Gasteiger partial charge on any atom is 0.310 e. The lowest BCUT2D eigenvalue weighted by Gasteiger charge is -2.33. The standard InChI is InChI=1S/C17H30N2O4/c1-14(17(21)22-2)13-19(16(20)15-5-3-6-15)8-4-7-18-9-11-23-12-10-18/h14-15H,3-13H2,1-2H3. The van der Waals surface area contributed by atoms with E-state index in [-0.39, 0.29) is 23.7 Å². The molecule has 23 heavy (non-hydrogen) atoms. The second-order valence-electron chi connectivity index (χ2n) is 6.64. The average molecular weight is 326 g/mol. The molecule has 6 nitrogen and oxygen atoms in total. The van der Waals surface area contributed by atoms with Crippen LogP contribution in [0.4, 0.5) is 0 Å². The van der Waals surface area contributed by atoms with Crippen molar-refractivity contribution in [3.8, 4) is 0 Å². The number of hydrogen-bond acceptors (Lipinski definition) is 5. The topological polar surface area (TPSA) is 59.1 Å². The Morgan fingerprint density at radius 3 is 2.57 bits per heavy atom. The van der Waals surface area contributed by atoms with Gasteiger partial charge in [-0.15, -0.1) is 0 Å². The third-order valence-electron chi connectivity index (χ3n) is 4.87. The van der Waals surface area contributed by atoms with Crippen LogP contribution in [0, 0.1) is 11.8 Å². The van der Waals surface area contributed by atoms with Crippen molar-refractivity contribution >= 4 is 11.9 Å². The maximum atomic E-state index is 12.6. The molecule has 2 rings (SSSR count). The predicted octanol–water partition coefficient (Wildman–Crippen LogP) is 1.15. The summed E-state index contributed by atoms with van der Waals surface area (Å²) in [6, 6.07) is 0. The Kier molecular flexibility index (Phi) is 7.30. The molecule has 1 heterocycles. The van der Waals surface area contributed by atoms with Crippen LogP contribution in [-0.4, -0.2) is 74.7 Å². The molecule has 1 atom stereocenters. The van der Waals surface area contributed by atoms with Crippen LogP contribution in [-0.2, 0) is 19.1 Å². The van der Waals surface area contributed by atoms with Crippen LogP contribution >= 0.6 is 0 Å². The fraction of sp³-hybridized carbons (Fsp3) is 0.882. The van der Waals surface area contributed by atoms with Gasteiger partial charge in [-0.2, -0.15) is 0 Å². The summed E-state index contributed by atoms with van der Waals surface area (Å²) in [6.45, 7) is 7.51. The molecule has 0 N–H and O–H groups in total. The van der Waals surface area contributed by atoms with Crippen molar-refractivity contribution in [2.45, 2.75) is 32.6 Å². The number of hydrogen-bond donors (Lipinski definition) is 0. The number of nitrogens with zero attached hydrogens (tertiary/aromatic N) is 2. The SMILES string of the molecule is COC(=O)C(C)CN(CCCN1CCOCC1)C(=O)C1CCC1. The van der Waals surface area contributed by atoms with Crippen LogP contribution < -0.4 is 0 Å². The van der Waals surface area contributed by atoms with Crippen LogP contribution in [0.25, 0.3) is 0 Å². The third kappa shape index (κ3) is 5.46. The van der Waals surface area contributed by atoms with Gasteiger partial charge in [0, 0.05) is 38.6 Å². The number of esters is 1. The van der Waals surface area contributed by atoms with Crippen molar-refractivity contribution in [3.05, 3.63) is 0 Å². The zero-order valence-corrected chi connectivity index (χ0v) is 14.5. The highest BCUT2D eigenvalue weighted by Gasteiger charge is 2.31. The van der Waals surface area contributed by atoms with Gasteiger partial charge in [-0.1, -0.05) is 13.3 Å². The van der Waals surface area contributed by atoms with Crippen molar-refractivity contribution in [1.82, 2.24) is 9.80 Å². The Balaban J connectivity index is 1.81. The van der Waals surface area contributed by atoms with Crippen molar-refractivity contribution in [2.24, 2.45) is 11.8 Å². The highest BCUT2D eigenvalue weighted by atomic mass is 16.5. The average Bonchev–Trinajstić information content (AvgIpc) is 2.52. The Morgan fingerprint density at radius 1 is 1.30 bits per heavy atom. The Hall–Kier alpha value is -1.14. The van der Waals surface area contributed by atoms with Crippen molar-refractivity contribution < 1.29 is 19.1 Å². The van der Waals surface area contributed by atoms with Gasteiger partial charge >= 0.3 is 5.97 Å². The largest absolute Gasteiger partial charge is 0.469 e. The predicted molar refractivity (Wildman–Crippen MR) is 87.0 cm³/mol. The molecule has 0 spiro atoms. The van der Waals surface area contributed by atoms with Crippen LogP contribution in [0.3, 0.4) is 0 Å². The van der Waals surface area contributed by atoms with E-state index in [9.17, 15) is 9.59 Å². The van der Waals surface area contributed by atoms with E-state index in [2.05, 4.69) is 4.90 Å². The molecule has 0 radical (unpaired) electrons. The molecular weight excluding hydrogens is 296 g/mol. The van der Waals surface area contributed by atoms with Gasteiger partial charge in [0.15, 0.2) is 0 Å². The zero-order chi connectivity index (χ0) is 16.7. The van der Waals surface area contributed by atoms with Crippen molar-refractivity contribution in [1.29, 1.82) is 0 Å². The number of ether oxygens (including phenoxy) is 2. The van der Waals surface area contributed by atoms with Gasteiger partial charge in [-0.3, -0.25) is 14.5 Å². The first-order valence-corrected chi connectivity index (χ1v) is 8.78. The van der Waals surface area contributed by atoms with Crippen LogP contribution in [0.2, 0.25) is 0 Å². The summed E-state index contributed by atoms with van der Waals surface area (Å²) in [5.41, 5.74) is 0. The molecule has 1 unspecified atom stereocenters. The Labute approximate surface area is 139 Å². The van der Waals surface area contributed by atoms with Crippen LogP contribution in [0.15, 0.2) is 0 Å². The highest BCUT2D eigenvalue weighted by molar-refractivity contribution is 5.80. The zero-order valence-electron chi connectivity index (χ0n) is 14.5. The molecule has 2 aliphatic rings. The Bertz CT molecular complexity index is 392. The lowest BCUT2D eigenvalue weighted by Crippen LogP contribution is -2.44. The summed E-state index contributed by atoms with van der Waals surface area (Å²) >= 11 is 0.